The fraction of sp³-hybridized carbons (Fsp3) is 0.217. The van der Waals surface area contributed by atoms with Crippen LogP contribution >= 0.6 is 11.6 Å². The Hall–Kier alpha value is -3.25. The van der Waals surface area contributed by atoms with Gasteiger partial charge in [-0.3, -0.25) is 4.79 Å². The molecule has 0 fully saturated rings. The molecule has 0 aliphatic heterocycles. The molecule has 152 valence electrons. The third-order valence-electron chi connectivity index (χ3n) is 4.89. The molecule has 6 nitrogen and oxygen atoms in total. The van der Waals surface area contributed by atoms with E-state index in [1.165, 1.54) is 12.4 Å². The summed E-state index contributed by atoms with van der Waals surface area (Å²) in [6.45, 7) is 6.14. The molecule has 0 aliphatic rings. The van der Waals surface area contributed by atoms with Gasteiger partial charge in [-0.2, -0.15) is 0 Å². The molecule has 0 saturated carbocycles. The summed E-state index contributed by atoms with van der Waals surface area (Å²) in [4.78, 5) is 26.2. The Kier molecular flexibility index (Phi) is 5.50. The van der Waals surface area contributed by atoms with Gasteiger partial charge in [0.1, 0.15) is 5.82 Å². The van der Waals surface area contributed by atoms with Crippen LogP contribution in [0.4, 0.5) is 0 Å². The molecule has 0 unspecified atom stereocenters. The second-order valence-corrected chi connectivity index (χ2v) is 7.86. The number of carbonyl (C=O) groups excluding carboxylic acids is 1. The molecule has 30 heavy (non-hydrogen) atoms. The topological polar surface area (TPSA) is 72.7 Å². The van der Waals surface area contributed by atoms with Gasteiger partial charge in [-0.05, 0) is 57.2 Å². The fourth-order valence-electron chi connectivity index (χ4n) is 3.45. The summed E-state index contributed by atoms with van der Waals surface area (Å²) < 4.78 is 2.15. The zero-order valence-electron chi connectivity index (χ0n) is 17.0. The molecule has 0 spiro atoms. The Morgan fingerprint density at radius 1 is 1.00 bits per heavy atom. The number of benzene rings is 2. The van der Waals surface area contributed by atoms with Crippen molar-refractivity contribution in [2.75, 3.05) is 0 Å². The van der Waals surface area contributed by atoms with Crippen LogP contribution in [-0.2, 0) is 0 Å². The van der Waals surface area contributed by atoms with Crippen molar-refractivity contribution in [3.05, 3.63) is 77.3 Å². The van der Waals surface area contributed by atoms with E-state index >= 15 is 0 Å². The Balaban J connectivity index is 1.55. The minimum absolute atomic E-state index is 0.216. The summed E-state index contributed by atoms with van der Waals surface area (Å²) in [6, 6.07) is 15.2. The normalized spacial score (nSPS) is 12.3. The first-order chi connectivity index (χ1) is 14.4. The monoisotopic (exact) mass is 419 g/mol. The van der Waals surface area contributed by atoms with Gasteiger partial charge in [-0.15, -0.1) is 0 Å². The molecule has 1 N–H and O–H groups in total. The predicted molar refractivity (Wildman–Crippen MR) is 118 cm³/mol. The molecule has 1 amide bonds. The van der Waals surface area contributed by atoms with Gasteiger partial charge in [0.2, 0.25) is 0 Å². The Labute approximate surface area is 180 Å². The first kappa shape index (κ1) is 20.0. The van der Waals surface area contributed by atoms with E-state index in [0.717, 1.165) is 22.4 Å². The molecular weight excluding hydrogens is 398 g/mol. The smallest absolute Gasteiger partial charge is 0.254 e. The van der Waals surface area contributed by atoms with Crippen LogP contribution in [0.2, 0.25) is 5.02 Å². The van der Waals surface area contributed by atoms with Crippen molar-refractivity contribution in [1.29, 1.82) is 0 Å². The molecule has 0 aliphatic carbocycles. The number of aromatic nitrogens is 4. The lowest BCUT2D eigenvalue weighted by molar-refractivity contribution is 0.0936. The van der Waals surface area contributed by atoms with Crippen LogP contribution in [0.5, 0.6) is 0 Å². The minimum atomic E-state index is -0.275. The van der Waals surface area contributed by atoms with Crippen molar-refractivity contribution in [3.8, 4) is 11.4 Å². The third kappa shape index (κ3) is 3.91. The molecule has 2 aromatic heterocycles. The standard InChI is InChI=1S/C23H22ClN5O/c1-14(2)29-20-7-5-4-6-19(20)28-22(29)15(3)27-23(30)17-12-25-21(26-13-17)16-8-10-18(24)11-9-16/h4-15H,1-3H3,(H,27,30)/t15-/m1/s1. The molecule has 2 heterocycles. The van der Waals surface area contributed by atoms with E-state index < -0.39 is 0 Å². The van der Waals surface area contributed by atoms with Gasteiger partial charge in [0.05, 0.1) is 22.6 Å². The molecule has 0 radical (unpaired) electrons. The highest BCUT2D eigenvalue weighted by atomic mass is 35.5. The van der Waals surface area contributed by atoms with Crippen LogP contribution in [0.1, 0.15) is 49.0 Å². The summed E-state index contributed by atoms with van der Waals surface area (Å²) in [7, 11) is 0. The van der Waals surface area contributed by atoms with Gasteiger partial charge in [-0.25, -0.2) is 15.0 Å². The number of imidazole rings is 1. The highest BCUT2D eigenvalue weighted by Gasteiger charge is 2.20. The first-order valence-corrected chi connectivity index (χ1v) is 10.2. The molecular formula is C23H22ClN5O. The van der Waals surface area contributed by atoms with E-state index in [2.05, 4.69) is 33.7 Å². The average molecular weight is 420 g/mol. The van der Waals surface area contributed by atoms with E-state index in [1.54, 1.807) is 12.1 Å². The van der Waals surface area contributed by atoms with Crippen LogP contribution < -0.4 is 5.32 Å². The lowest BCUT2D eigenvalue weighted by Crippen LogP contribution is -2.29. The summed E-state index contributed by atoms with van der Waals surface area (Å²) in [5.74, 6) is 1.11. The van der Waals surface area contributed by atoms with E-state index in [0.29, 0.717) is 16.4 Å². The quantitative estimate of drug-likeness (QED) is 0.481. The lowest BCUT2D eigenvalue weighted by Gasteiger charge is -2.18. The Morgan fingerprint density at radius 2 is 1.67 bits per heavy atom. The maximum absolute atomic E-state index is 12.8. The summed E-state index contributed by atoms with van der Waals surface area (Å²) >= 11 is 5.92. The van der Waals surface area contributed by atoms with Gasteiger partial charge in [0.15, 0.2) is 5.82 Å². The second kappa shape index (κ2) is 8.24. The van der Waals surface area contributed by atoms with Crippen molar-refractivity contribution in [2.24, 2.45) is 0 Å². The van der Waals surface area contributed by atoms with E-state index in [1.807, 2.05) is 43.3 Å². The molecule has 0 saturated heterocycles. The number of carbonyl (C=O) groups is 1. The van der Waals surface area contributed by atoms with Crippen LogP contribution in [0, 0.1) is 0 Å². The molecule has 4 aromatic rings. The zero-order valence-corrected chi connectivity index (χ0v) is 17.8. The van der Waals surface area contributed by atoms with Crippen LogP contribution in [-0.4, -0.2) is 25.4 Å². The highest BCUT2D eigenvalue weighted by molar-refractivity contribution is 6.30. The van der Waals surface area contributed by atoms with Gasteiger partial charge in [-0.1, -0.05) is 23.7 Å². The summed E-state index contributed by atoms with van der Waals surface area (Å²) in [6.07, 6.45) is 3.06. The van der Waals surface area contributed by atoms with Gasteiger partial charge in [0.25, 0.3) is 5.91 Å². The van der Waals surface area contributed by atoms with E-state index in [-0.39, 0.29) is 18.0 Å². The van der Waals surface area contributed by atoms with Crippen molar-refractivity contribution in [2.45, 2.75) is 32.9 Å². The summed E-state index contributed by atoms with van der Waals surface area (Å²) in [5.41, 5.74) is 3.20. The number of halogens is 1. The zero-order chi connectivity index (χ0) is 21.3. The number of nitrogens with zero attached hydrogens (tertiary/aromatic N) is 4. The highest BCUT2D eigenvalue weighted by Crippen LogP contribution is 2.25. The van der Waals surface area contributed by atoms with Crippen molar-refractivity contribution in [1.82, 2.24) is 24.8 Å². The molecule has 1 atom stereocenters. The molecule has 2 aromatic carbocycles. The number of para-hydroxylation sites is 2. The molecule has 4 rings (SSSR count). The fourth-order valence-corrected chi connectivity index (χ4v) is 3.58. The third-order valence-corrected chi connectivity index (χ3v) is 5.14. The maximum Gasteiger partial charge on any atom is 0.254 e. The molecule has 0 bridgehead atoms. The number of amides is 1. The van der Waals surface area contributed by atoms with E-state index in [4.69, 9.17) is 16.6 Å². The number of hydrogen-bond donors (Lipinski definition) is 1. The summed E-state index contributed by atoms with van der Waals surface area (Å²) in [5, 5.41) is 3.66. The first-order valence-electron chi connectivity index (χ1n) is 9.79. The maximum atomic E-state index is 12.8. The number of rotatable bonds is 5. The van der Waals surface area contributed by atoms with Crippen molar-refractivity contribution in [3.63, 3.8) is 0 Å². The number of fused-ring (bicyclic) bond motifs is 1. The van der Waals surface area contributed by atoms with Crippen molar-refractivity contribution < 1.29 is 4.79 Å². The van der Waals surface area contributed by atoms with Crippen LogP contribution in [0.3, 0.4) is 0 Å². The lowest BCUT2D eigenvalue weighted by atomic mass is 10.2. The number of hydrogen-bond acceptors (Lipinski definition) is 4. The van der Waals surface area contributed by atoms with Crippen LogP contribution in [0.15, 0.2) is 60.9 Å². The average Bonchev–Trinajstić information content (AvgIpc) is 3.14. The van der Waals surface area contributed by atoms with E-state index in [9.17, 15) is 4.79 Å². The van der Waals surface area contributed by atoms with Gasteiger partial charge < -0.3 is 9.88 Å². The van der Waals surface area contributed by atoms with Crippen molar-refractivity contribution >= 4 is 28.5 Å². The largest absolute Gasteiger partial charge is 0.342 e. The van der Waals surface area contributed by atoms with Gasteiger partial charge in [0, 0.05) is 29.0 Å². The van der Waals surface area contributed by atoms with Gasteiger partial charge >= 0.3 is 0 Å². The molecule has 7 heteroatoms. The predicted octanol–water partition coefficient (Wildman–Crippen LogP) is 5.22. The Bertz CT molecular complexity index is 1180. The van der Waals surface area contributed by atoms with Crippen LogP contribution in [0.25, 0.3) is 22.4 Å². The number of nitrogens with one attached hydrogen (secondary N) is 1. The second-order valence-electron chi connectivity index (χ2n) is 7.42. The Morgan fingerprint density at radius 3 is 2.33 bits per heavy atom. The SMILES string of the molecule is CC(C)n1c([C@@H](C)NC(=O)c2cnc(-c3ccc(Cl)cc3)nc2)nc2ccccc21. The minimum Gasteiger partial charge on any atom is -0.342 e.